The molecule has 1 aromatic carbocycles. The first-order valence-corrected chi connectivity index (χ1v) is 9.25. The lowest BCUT2D eigenvalue weighted by molar-refractivity contribution is 0.394. The number of aryl methyl sites for hydroxylation is 2. The summed E-state index contributed by atoms with van der Waals surface area (Å²) in [5, 5.41) is 5.49. The van der Waals surface area contributed by atoms with Crippen LogP contribution in [0, 0.1) is 13.8 Å². The Morgan fingerprint density at radius 1 is 1.22 bits per heavy atom. The Bertz CT molecular complexity index is 912. The van der Waals surface area contributed by atoms with Gasteiger partial charge in [0.25, 0.3) is 0 Å². The van der Waals surface area contributed by atoms with Crippen LogP contribution in [0.25, 0.3) is 11.4 Å². The molecule has 0 unspecified atom stereocenters. The number of benzene rings is 1. The predicted octanol–water partition coefficient (Wildman–Crippen LogP) is 2.89. The van der Waals surface area contributed by atoms with Crippen molar-refractivity contribution in [1.82, 2.24) is 14.9 Å². The topological polar surface area (TPSA) is 85.1 Å². The molecule has 120 valence electrons. The molecule has 0 radical (unpaired) electrons. The molecule has 6 nitrogen and oxygen atoms in total. The number of rotatable bonds is 5. The molecule has 8 heteroatoms. The van der Waals surface area contributed by atoms with E-state index in [0.717, 1.165) is 22.5 Å². The minimum Gasteiger partial charge on any atom is -0.339 e. The molecule has 0 atom stereocenters. The van der Waals surface area contributed by atoms with Gasteiger partial charge in [0.1, 0.15) is 4.21 Å². The Balaban J connectivity index is 1.75. The van der Waals surface area contributed by atoms with Gasteiger partial charge in [-0.3, -0.25) is 0 Å². The summed E-state index contributed by atoms with van der Waals surface area (Å²) >= 11 is 1.13. The smallest absolute Gasteiger partial charge is 0.250 e. The van der Waals surface area contributed by atoms with E-state index in [0.29, 0.717) is 17.3 Å². The number of sulfonamides is 1. The largest absolute Gasteiger partial charge is 0.339 e. The van der Waals surface area contributed by atoms with Crippen molar-refractivity contribution in [3.05, 3.63) is 52.7 Å². The minimum atomic E-state index is -3.57. The van der Waals surface area contributed by atoms with Crippen LogP contribution >= 0.6 is 11.3 Å². The standard InChI is InChI=1S/C15H15N3O3S2/c1-10-3-5-12(6-4-10)8-16-23(19,20)14-7-13(9-22-14)15-17-11(2)21-18-15/h3-7,9,16H,8H2,1-2H3. The molecule has 0 aliphatic heterocycles. The van der Waals surface area contributed by atoms with Crippen molar-refractivity contribution < 1.29 is 12.9 Å². The third-order valence-corrected chi connectivity index (χ3v) is 6.05. The second kappa shape index (κ2) is 6.23. The number of hydrogen-bond acceptors (Lipinski definition) is 6. The van der Waals surface area contributed by atoms with Crippen molar-refractivity contribution in [2.45, 2.75) is 24.6 Å². The van der Waals surface area contributed by atoms with Gasteiger partial charge in [-0.25, -0.2) is 13.1 Å². The molecule has 0 amide bonds. The summed E-state index contributed by atoms with van der Waals surface area (Å²) in [6.45, 7) is 3.92. The van der Waals surface area contributed by atoms with Gasteiger partial charge >= 0.3 is 0 Å². The Labute approximate surface area is 138 Å². The first-order chi connectivity index (χ1) is 10.9. The normalized spacial score (nSPS) is 11.7. The van der Waals surface area contributed by atoms with Gasteiger partial charge in [0.05, 0.1) is 0 Å². The van der Waals surface area contributed by atoms with Crippen molar-refractivity contribution in [2.24, 2.45) is 0 Å². The summed E-state index contributed by atoms with van der Waals surface area (Å²) < 4.78 is 32.4. The quantitative estimate of drug-likeness (QED) is 0.765. The first kappa shape index (κ1) is 15.9. The van der Waals surface area contributed by atoms with Gasteiger partial charge in [-0.1, -0.05) is 35.0 Å². The Morgan fingerprint density at radius 3 is 2.61 bits per heavy atom. The fourth-order valence-electron chi connectivity index (χ4n) is 1.95. The Hall–Kier alpha value is -2.03. The molecule has 1 N–H and O–H groups in total. The fraction of sp³-hybridized carbons (Fsp3) is 0.200. The van der Waals surface area contributed by atoms with Crippen LogP contribution in [-0.2, 0) is 16.6 Å². The molecule has 0 aliphatic carbocycles. The predicted molar refractivity (Wildman–Crippen MR) is 87.6 cm³/mol. The highest BCUT2D eigenvalue weighted by Crippen LogP contribution is 2.26. The number of hydrogen-bond donors (Lipinski definition) is 1. The fourth-order valence-corrected chi connectivity index (χ4v) is 4.17. The van der Waals surface area contributed by atoms with Gasteiger partial charge < -0.3 is 4.52 Å². The van der Waals surface area contributed by atoms with Crippen LogP contribution in [0.1, 0.15) is 17.0 Å². The molecule has 2 aromatic heterocycles. The Kier molecular flexibility index (Phi) is 4.29. The van der Waals surface area contributed by atoms with Gasteiger partial charge in [-0.2, -0.15) is 4.98 Å². The summed E-state index contributed by atoms with van der Waals surface area (Å²) in [6.07, 6.45) is 0. The van der Waals surface area contributed by atoms with Crippen LogP contribution in [0.15, 0.2) is 44.4 Å². The van der Waals surface area contributed by atoms with E-state index in [1.165, 1.54) is 0 Å². The van der Waals surface area contributed by atoms with Crippen molar-refractivity contribution in [3.8, 4) is 11.4 Å². The van der Waals surface area contributed by atoms with Crippen LogP contribution in [0.3, 0.4) is 0 Å². The highest BCUT2D eigenvalue weighted by atomic mass is 32.2. The van der Waals surface area contributed by atoms with E-state index in [1.807, 2.05) is 31.2 Å². The van der Waals surface area contributed by atoms with Gasteiger partial charge in [-0.15, -0.1) is 11.3 Å². The van der Waals surface area contributed by atoms with E-state index in [-0.39, 0.29) is 10.8 Å². The lowest BCUT2D eigenvalue weighted by atomic mass is 10.2. The first-order valence-electron chi connectivity index (χ1n) is 6.88. The number of thiophene rings is 1. The SMILES string of the molecule is Cc1ccc(CNS(=O)(=O)c2cc(-c3noc(C)n3)cs2)cc1. The molecular weight excluding hydrogens is 334 g/mol. The van der Waals surface area contributed by atoms with Gasteiger partial charge in [0, 0.05) is 24.4 Å². The van der Waals surface area contributed by atoms with E-state index >= 15 is 0 Å². The van der Waals surface area contributed by atoms with E-state index in [4.69, 9.17) is 4.52 Å². The Morgan fingerprint density at radius 2 is 1.96 bits per heavy atom. The van der Waals surface area contributed by atoms with Gasteiger partial charge in [0.2, 0.25) is 21.7 Å². The lowest BCUT2D eigenvalue weighted by Crippen LogP contribution is -2.22. The third kappa shape index (κ3) is 3.66. The second-order valence-electron chi connectivity index (χ2n) is 5.10. The van der Waals surface area contributed by atoms with Crippen LogP contribution in [0.4, 0.5) is 0 Å². The van der Waals surface area contributed by atoms with Gasteiger partial charge in [0.15, 0.2) is 0 Å². The second-order valence-corrected chi connectivity index (χ2v) is 8.01. The molecule has 0 saturated heterocycles. The molecule has 0 bridgehead atoms. The molecule has 0 fully saturated rings. The molecule has 23 heavy (non-hydrogen) atoms. The average Bonchev–Trinajstić information content (AvgIpc) is 3.16. The van der Waals surface area contributed by atoms with Crippen molar-refractivity contribution in [1.29, 1.82) is 0 Å². The zero-order chi connectivity index (χ0) is 16.4. The minimum absolute atomic E-state index is 0.224. The average molecular weight is 349 g/mol. The van der Waals surface area contributed by atoms with E-state index in [9.17, 15) is 8.42 Å². The highest BCUT2D eigenvalue weighted by Gasteiger charge is 2.18. The molecule has 3 aromatic rings. The summed E-state index contributed by atoms with van der Waals surface area (Å²) in [6, 6.07) is 9.25. The van der Waals surface area contributed by atoms with Crippen LogP contribution in [-0.4, -0.2) is 18.6 Å². The van der Waals surface area contributed by atoms with Crippen molar-refractivity contribution in [2.75, 3.05) is 0 Å². The maximum Gasteiger partial charge on any atom is 0.250 e. The highest BCUT2D eigenvalue weighted by molar-refractivity contribution is 7.91. The summed E-state index contributed by atoms with van der Waals surface area (Å²) in [5.41, 5.74) is 2.67. The lowest BCUT2D eigenvalue weighted by Gasteiger charge is -2.05. The molecular formula is C15H15N3O3S2. The summed E-state index contributed by atoms with van der Waals surface area (Å²) in [5.74, 6) is 0.826. The molecule has 3 rings (SSSR count). The molecule has 0 aliphatic rings. The monoisotopic (exact) mass is 349 g/mol. The maximum absolute atomic E-state index is 12.4. The molecule has 2 heterocycles. The van der Waals surface area contributed by atoms with Crippen LogP contribution in [0.5, 0.6) is 0 Å². The molecule has 0 saturated carbocycles. The number of nitrogens with one attached hydrogen (secondary N) is 1. The van der Waals surface area contributed by atoms with Crippen LogP contribution in [0.2, 0.25) is 0 Å². The zero-order valence-electron chi connectivity index (χ0n) is 12.6. The van der Waals surface area contributed by atoms with Gasteiger partial charge in [-0.05, 0) is 18.6 Å². The van der Waals surface area contributed by atoms with Crippen molar-refractivity contribution in [3.63, 3.8) is 0 Å². The van der Waals surface area contributed by atoms with Crippen LogP contribution < -0.4 is 4.72 Å². The number of nitrogens with zero attached hydrogens (tertiary/aromatic N) is 2. The van der Waals surface area contributed by atoms with E-state index in [2.05, 4.69) is 14.9 Å². The summed E-state index contributed by atoms with van der Waals surface area (Å²) in [7, 11) is -3.57. The van der Waals surface area contributed by atoms with E-state index < -0.39 is 10.0 Å². The van der Waals surface area contributed by atoms with Crippen molar-refractivity contribution >= 4 is 21.4 Å². The summed E-state index contributed by atoms with van der Waals surface area (Å²) in [4.78, 5) is 4.09. The number of aromatic nitrogens is 2. The zero-order valence-corrected chi connectivity index (χ0v) is 14.2. The molecule has 0 spiro atoms. The maximum atomic E-state index is 12.4. The van der Waals surface area contributed by atoms with E-state index in [1.54, 1.807) is 18.4 Å². The third-order valence-electron chi connectivity index (χ3n) is 3.21.